The van der Waals surface area contributed by atoms with Crippen LogP contribution in [-0.2, 0) is 11.2 Å². The first-order valence-electron chi connectivity index (χ1n) is 12.2. The van der Waals surface area contributed by atoms with E-state index in [1.807, 2.05) is 24.3 Å². The fraction of sp³-hybridized carbons (Fsp3) is 0.345. The molecule has 180 valence electrons. The molecule has 2 heterocycles. The summed E-state index contributed by atoms with van der Waals surface area (Å²) in [5.41, 5.74) is 4.02. The van der Waals surface area contributed by atoms with Crippen molar-refractivity contribution in [3.63, 3.8) is 0 Å². The summed E-state index contributed by atoms with van der Waals surface area (Å²) in [5.74, 6) is -1.31. The van der Waals surface area contributed by atoms with Gasteiger partial charge in [0, 0.05) is 30.5 Å². The van der Waals surface area contributed by atoms with Gasteiger partial charge in [0.25, 0.3) is 0 Å². The number of nitrogens with zero attached hydrogens (tertiary/aromatic N) is 1. The van der Waals surface area contributed by atoms with Crippen LogP contribution in [0.2, 0.25) is 0 Å². The number of rotatable bonds is 4. The van der Waals surface area contributed by atoms with E-state index in [4.69, 9.17) is 4.74 Å². The minimum absolute atomic E-state index is 0.00593. The molecule has 1 aliphatic carbocycles. The molecule has 2 atom stereocenters. The van der Waals surface area contributed by atoms with Gasteiger partial charge in [-0.1, -0.05) is 48.5 Å². The molecule has 2 aliphatic heterocycles. The normalized spacial score (nSPS) is 24.8. The van der Waals surface area contributed by atoms with E-state index in [1.54, 1.807) is 4.90 Å². The summed E-state index contributed by atoms with van der Waals surface area (Å²) in [4.78, 5) is 15.0. The van der Waals surface area contributed by atoms with Gasteiger partial charge in [0.15, 0.2) is 0 Å². The minimum atomic E-state index is -1.10. The maximum absolute atomic E-state index is 13.6. The fourth-order valence-electron chi connectivity index (χ4n) is 6.53. The van der Waals surface area contributed by atoms with Crippen LogP contribution in [0.1, 0.15) is 48.3 Å². The molecule has 1 amide bonds. The Bertz CT molecular complexity index is 1210. The summed E-state index contributed by atoms with van der Waals surface area (Å²) < 4.78 is 33.2. The molecule has 0 spiro atoms. The van der Waals surface area contributed by atoms with Crippen LogP contribution in [0, 0.1) is 11.6 Å². The lowest BCUT2D eigenvalue weighted by Gasteiger charge is -2.43. The Hall–Kier alpha value is -3.25. The van der Waals surface area contributed by atoms with Gasteiger partial charge in [0.1, 0.15) is 18.2 Å². The summed E-state index contributed by atoms with van der Waals surface area (Å²) in [7, 11) is 0. The van der Waals surface area contributed by atoms with Crippen LogP contribution in [-0.4, -0.2) is 40.4 Å². The van der Waals surface area contributed by atoms with Crippen LogP contribution in [0.5, 0.6) is 0 Å². The maximum Gasteiger partial charge on any atom is 0.410 e. The van der Waals surface area contributed by atoms with E-state index >= 15 is 0 Å². The van der Waals surface area contributed by atoms with Gasteiger partial charge >= 0.3 is 6.09 Å². The number of amides is 1. The number of benzene rings is 3. The van der Waals surface area contributed by atoms with E-state index in [0.29, 0.717) is 18.4 Å². The smallest absolute Gasteiger partial charge is 0.410 e. The number of hydrogen-bond donors (Lipinski definition) is 1. The number of carbonyl (C=O) groups is 1. The quantitative estimate of drug-likeness (QED) is 0.518. The molecule has 1 N–H and O–H groups in total. The van der Waals surface area contributed by atoms with Gasteiger partial charge in [-0.05, 0) is 65.6 Å². The molecule has 0 aromatic heterocycles. The summed E-state index contributed by atoms with van der Waals surface area (Å²) in [6.45, 7) is 0.260. The number of halogens is 2. The van der Waals surface area contributed by atoms with E-state index in [1.165, 1.54) is 34.4 Å². The third-order valence-electron chi connectivity index (χ3n) is 7.85. The molecule has 3 aromatic rings. The van der Waals surface area contributed by atoms with Crippen molar-refractivity contribution >= 4 is 6.09 Å². The molecule has 3 aromatic carbocycles. The Kier molecular flexibility index (Phi) is 5.37. The third kappa shape index (κ3) is 4.00. The summed E-state index contributed by atoms with van der Waals surface area (Å²) in [6.07, 6.45) is 2.12. The topological polar surface area (TPSA) is 49.8 Å². The minimum Gasteiger partial charge on any atom is -0.448 e. The van der Waals surface area contributed by atoms with Crippen molar-refractivity contribution < 1.29 is 23.4 Å². The van der Waals surface area contributed by atoms with Crippen molar-refractivity contribution in [2.75, 3.05) is 6.61 Å². The fourth-order valence-corrected chi connectivity index (χ4v) is 6.53. The molecule has 0 saturated carbocycles. The molecule has 2 fully saturated rings. The van der Waals surface area contributed by atoms with Gasteiger partial charge in [-0.3, -0.25) is 0 Å². The monoisotopic (exact) mass is 475 g/mol. The molecule has 2 unspecified atom stereocenters. The van der Waals surface area contributed by atoms with E-state index in [0.717, 1.165) is 18.9 Å². The highest BCUT2D eigenvalue weighted by atomic mass is 19.1. The van der Waals surface area contributed by atoms with Crippen LogP contribution in [0.4, 0.5) is 13.6 Å². The lowest BCUT2D eigenvalue weighted by Crippen LogP contribution is -2.54. The number of piperidine rings is 1. The SMILES string of the molecule is O=C(OCC1c2ccccc2-c2ccccc21)N1C2CCC1CC(O)(Cc1cc(F)cc(F)c1)C2. The number of carbonyl (C=O) groups excluding carboxylic acids is 1. The molecule has 4 nitrogen and oxygen atoms in total. The molecular weight excluding hydrogens is 448 g/mol. The number of ether oxygens (including phenoxy) is 1. The summed E-state index contributed by atoms with van der Waals surface area (Å²) >= 11 is 0. The van der Waals surface area contributed by atoms with Gasteiger partial charge in [-0.25, -0.2) is 13.6 Å². The van der Waals surface area contributed by atoms with Crippen molar-refractivity contribution in [3.05, 3.63) is 95.1 Å². The second-order valence-electron chi connectivity index (χ2n) is 10.2. The highest BCUT2D eigenvalue weighted by Gasteiger charge is 2.50. The van der Waals surface area contributed by atoms with E-state index in [2.05, 4.69) is 24.3 Å². The zero-order chi connectivity index (χ0) is 24.2. The van der Waals surface area contributed by atoms with Crippen LogP contribution in [0.3, 0.4) is 0 Å². The lowest BCUT2D eigenvalue weighted by molar-refractivity contribution is -0.0480. The number of fused-ring (bicyclic) bond motifs is 5. The maximum atomic E-state index is 13.6. The van der Waals surface area contributed by atoms with Gasteiger partial charge in [0.2, 0.25) is 0 Å². The zero-order valence-electron chi connectivity index (χ0n) is 19.3. The Morgan fingerprint density at radius 2 is 1.46 bits per heavy atom. The highest BCUT2D eigenvalue weighted by molar-refractivity contribution is 5.79. The van der Waals surface area contributed by atoms with Crippen LogP contribution >= 0.6 is 0 Å². The second-order valence-corrected chi connectivity index (χ2v) is 10.2. The Morgan fingerprint density at radius 3 is 2.03 bits per heavy atom. The first kappa shape index (κ1) is 22.2. The average Bonchev–Trinajstić information content (AvgIpc) is 3.29. The first-order chi connectivity index (χ1) is 16.9. The summed E-state index contributed by atoms with van der Waals surface area (Å²) in [5, 5.41) is 11.3. The van der Waals surface area contributed by atoms with Crippen molar-refractivity contribution in [1.29, 1.82) is 0 Å². The van der Waals surface area contributed by atoms with Gasteiger partial charge in [-0.15, -0.1) is 0 Å². The zero-order valence-corrected chi connectivity index (χ0v) is 19.3. The first-order valence-corrected chi connectivity index (χ1v) is 12.2. The predicted molar refractivity (Wildman–Crippen MR) is 128 cm³/mol. The predicted octanol–water partition coefficient (Wildman–Crippen LogP) is 5.81. The van der Waals surface area contributed by atoms with E-state index in [9.17, 15) is 18.7 Å². The van der Waals surface area contributed by atoms with Crippen molar-refractivity contribution in [3.8, 4) is 11.1 Å². The van der Waals surface area contributed by atoms with E-state index < -0.39 is 17.2 Å². The largest absolute Gasteiger partial charge is 0.448 e. The molecule has 6 heteroatoms. The Balaban J connectivity index is 1.15. The summed E-state index contributed by atoms with van der Waals surface area (Å²) in [6, 6.07) is 19.5. The van der Waals surface area contributed by atoms with Gasteiger partial charge in [0.05, 0.1) is 5.60 Å². The molecular formula is C29H27F2NO3. The molecule has 2 bridgehead atoms. The molecule has 3 aliphatic rings. The van der Waals surface area contributed by atoms with Gasteiger partial charge < -0.3 is 14.7 Å². The third-order valence-corrected chi connectivity index (χ3v) is 7.85. The van der Waals surface area contributed by atoms with Crippen molar-refractivity contribution in [2.24, 2.45) is 0 Å². The lowest BCUT2D eigenvalue weighted by atomic mass is 9.81. The van der Waals surface area contributed by atoms with Crippen LogP contribution < -0.4 is 0 Å². The molecule has 6 rings (SSSR count). The van der Waals surface area contributed by atoms with Crippen molar-refractivity contribution in [1.82, 2.24) is 4.90 Å². The average molecular weight is 476 g/mol. The van der Waals surface area contributed by atoms with Crippen LogP contribution in [0.25, 0.3) is 11.1 Å². The Morgan fingerprint density at radius 1 is 0.914 bits per heavy atom. The molecule has 0 radical (unpaired) electrons. The van der Waals surface area contributed by atoms with Gasteiger partial charge in [-0.2, -0.15) is 0 Å². The number of aliphatic hydroxyl groups is 1. The van der Waals surface area contributed by atoms with Crippen LogP contribution in [0.15, 0.2) is 66.7 Å². The standard InChI is InChI=1S/C29H27F2NO3/c30-19-11-18(12-20(31)13-19)14-29(34)15-21-9-10-22(16-29)32(21)28(33)35-17-27-25-7-3-1-5-23(25)24-6-2-4-8-26(24)27/h1-8,11-13,21-22,27,34H,9-10,14-17H2. The highest BCUT2D eigenvalue weighted by Crippen LogP contribution is 2.46. The van der Waals surface area contributed by atoms with E-state index in [-0.39, 0.29) is 37.1 Å². The molecule has 35 heavy (non-hydrogen) atoms. The van der Waals surface area contributed by atoms with Crippen molar-refractivity contribution in [2.45, 2.75) is 55.7 Å². The Labute approximate surface area is 203 Å². The number of hydrogen-bond acceptors (Lipinski definition) is 3. The second kappa shape index (κ2) is 8.45. The molecule has 2 saturated heterocycles.